The lowest BCUT2D eigenvalue weighted by atomic mass is 9.99. The molecule has 1 aliphatic rings. The van der Waals surface area contributed by atoms with Crippen molar-refractivity contribution in [3.63, 3.8) is 0 Å². The van der Waals surface area contributed by atoms with Crippen LogP contribution < -0.4 is 0 Å². The Morgan fingerprint density at radius 1 is 1.37 bits per heavy atom. The van der Waals surface area contributed by atoms with Crippen LogP contribution in [0.5, 0.6) is 0 Å². The molecule has 0 spiro atoms. The van der Waals surface area contributed by atoms with Crippen LogP contribution in [0, 0.1) is 0 Å². The average molecular weight is 433 g/mol. The minimum atomic E-state index is -2.89. The summed E-state index contributed by atoms with van der Waals surface area (Å²) in [5, 5.41) is 5.05. The number of nitrogens with one attached hydrogen (secondary N) is 1. The van der Waals surface area contributed by atoms with Crippen molar-refractivity contribution >= 4 is 22.9 Å². The maximum Gasteiger partial charge on any atom is 0.284 e. The van der Waals surface area contributed by atoms with E-state index in [0.29, 0.717) is 23.8 Å². The highest BCUT2D eigenvalue weighted by Gasteiger charge is 2.35. The van der Waals surface area contributed by atoms with Gasteiger partial charge in [-0.1, -0.05) is 17.7 Å². The van der Waals surface area contributed by atoms with Crippen LogP contribution in [0.4, 0.5) is 8.78 Å². The molecule has 1 aliphatic heterocycles. The van der Waals surface area contributed by atoms with E-state index in [1.807, 2.05) is 23.1 Å². The third kappa shape index (κ3) is 3.08. The molecular weight excluding hydrogens is 418 g/mol. The van der Waals surface area contributed by atoms with Gasteiger partial charge in [-0.25, -0.2) is 23.3 Å². The van der Waals surface area contributed by atoms with Crippen molar-refractivity contribution < 1.29 is 18.0 Å². The maximum absolute atomic E-state index is 13.1. The Morgan fingerprint density at radius 3 is 3.03 bits per heavy atom. The van der Waals surface area contributed by atoms with Crippen molar-refractivity contribution in [2.75, 3.05) is 13.1 Å². The van der Waals surface area contributed by atoms with Gasteiger partial charge in [-0.15, -0.1) is 0 Å². The predicted molar refractivity (Wildman–Crippen MR) is 102 cm³/mol. The molecule has 30 heavy (non-hydrogen) atoms. The van der Waals surface area contributed by atoms with Gasteiger partial charge in [-0.2, -0.15) is 5.10 Å². The van der Waals surface area contributed by atoms with Crippen molar-refractivity contribution in [3.8, 4) is 0 Å². The third-order valence-electron chi connectivity index (χ3n) is 5.17. The Bertz CT molecular complexity index is 1230. The topological polar surface area (TPSA) is 92.3 Å². The van der Waals surface area contributed by atoms with Gasteiger partial charge in [0.2, 0.25) is 5.78 Å². The molecule has 0 radical (unpaired) electrons. The van der Waals surface area contributed by atoms with Crippen LogP contribution in [-0.2, 0) is 6.42 Å². The molecule has 5 heterocycles. The van der Waals surface area contributed by atoms with Gasteiger partial charge in [0.15, 0.2) is 17.8 Å². The Hall–Kier alpha value is -3.11. The van der Waals surface area contributed by atoms with Crippen molar-refractivity contribution in [3.05, 3.63) is 70.7 Å². The Balaban J connectivity index is 1.53. The number of aromatic nitrogens is 5. The number of pyridine rings is 1. The highest BCUT2D eigenvalue weighted by atomic mass is 35.5. The first kappa shape index (κ1) is 18.9. The highest BCUT2D eigenvalue weighted by molar-refractivity contribution is 6.29. The molecule has 11 heteroatoms. The zero-order valence-corrected chi connectivity index (χ0v) is 16.2. The molecule has 1 N–H and O–H groups in total. The molecule has 8 nitrogen and oxygen atoms in total. The second-order valence-corrected chi connectivity index (χ2v) is 7.32. The zero-order valence-electron chi connectivity index (χ0n) is 15.4. The molecule has 4 aromatic heterocycles. The van der Waals surface area contributed by atoms with Crippen LogP contribution in [0.25, 0.3) is 5.52 Å². The number of H-pyrrole nitrogens is 1. The van der Waals surface area contributed by atoms with E-state index in [0.717, 1.165) is 23.3 Å². The summed E-state index contributed by atoms with van der Waals surface area (Å²) in [7, 11) is 0. The minimum Gasteiger partial charge on any atom is -0.440 e. The van der Waals surface area contributed by atoms with E-state index < -0.39 is 29.7 Å². The first-order valence-electron chi connectivity index (χ1n) is 9.18. The van der Waals surface area contributed by atoms with Crippen LogP contribution in [0.3, 0.4) is 0 Å². The van der Waals surface area contributed by atoms with Gasteiger partial charge >= 0.3 is 0 Å². The molecule has 154 valence electrons. The molecule has 0 amide bonds. The number of carbonyl (C=O) groups excluding carboxylic acids is 1. The van der Waals surface area contributed by atoms with Gasteiger partial charge in [0, 0.05) is 18.7 Å². The van der Waals surface area contributed by atoms with Crippen LogP contribution in [0.2, 0.25) is 5.15 Å². The second-order valence-electron chi connectivity index (χ2n) is 6.93. The number of oxazole rings is 1. The number of alkyl halides is 2. The monoisotopic (exact) mass is 432 g/mol. The molecular formula is C19H15ClF2N6O2. The second kappa shape index (κ2) is 7.29. The summed E-state index contributed by atoms with van der Waals surface area (Å²) in [5.41, 5.74) is 2.48. The van der Waals surface area contributed by atoms with E-state index in [2.05, 4.69) is 20.1 Å². The number of halogens is 3. The summed E-state index contributed by atoms with van der Waals surface area (Å²) in [6.45, 7) is 0.360. The molecule has 0 aliphatic carbocycles. The first-order valence-corrected chi connectivity index (χ1v) is 9.56. The lowest BCUT2D eigenvalue weighted by Gasteiger charge is -2.33. The molecule has 0 fully saturated rings. The summed E-state index contributed by atoms with van der Waals surface area (Å²) in [6, 6.07) is 6.84. The lowest BCUT2D eigenvalue weighted by Crippen LogP contribution is -2.40. The summed E-state index contributed by atoms with van der Waals surface area (Å²) < 4.78 is 32.8. The van der Waals surface area contributed by atoms with Gasteiger partial charge in [0.1, 0.15) is 5.15 Å². The number of carbonyl (C=O) groups is 1. The fraction of sp³-hybridized carbons (Fsp3) is 0.263. The fourth-order valence-corrected chi connectivity index (χ4v) is 4.04. The molecule has 0 saturated heterocycles. The lowest BCUT2D eigenvalue weighted by molar-refractivity contribution is 0.0852. The number of rotatable bonds is 5. The summed E-state index contributed by atoms with van der Waals surface area (Å²) in [5.74, 6) is -0.997. The Kier molecular flexibility index (Phi) is 4.59. The average Bonchev–Trinajstić information content (AvgIpc) is 3.46. The maximum atomic E-state index is 13.1. The number of ketones is 1. The normalized spacial score (nSPS) is 17.0. The zero-order chi connectivity index (χ0) is 20.8. The molecule has 4 aromatic rings. The van der Waals surface area contributed by atoms with E-state index in [4.69, 9.17) is 16.0 Å². The summed E-state index contributed by atoms with van der Waals surface area (Å²) in [6.07, 6.45) is 0.194. The van der Waals surface area contributed by atoms with Gasteiger partial charge < -0.3 is 9.40 Å². The smallest absolute Gasteiger partial charge is 0.284 e. The fourth-order valence-electron chi connectivity index (χ4n) is 3.83. The number of imidazole rings is 1. The van der Waals surface area contributed by atoms with Crippen LogP contribution >= 0.6 is 11.6 Å². The first-order chi connectivity index (χ1) is 14.5. The van der Waals surface area contributed by atoms with E-state index in [9.17, 15) is 13.6 Å². The van der Waals surface area contributed by atoms with Crippen molar-refractivity contribution in [2.24, 2.45) is 0 Å². The largest absolute Gasteiger partial charge is 0.440 e. The van der Waals surface area contributed by atoms with Gasteiger partial charge in [0.25, 0.3) is 6.43 Å². The molecule has 5 rings (SSSR count). The molecule has 0 aromatic carbocycles. The van der Waals surface area contributed by atoms with E-state index >= 15 is 0 Å². The van der Waals surface area contributed by atoms with Crippen LogP contribution in [0.15, 0.2) is 41.4 Å². The third-order valence-corrected chi connectivity index (χ3v) is 5.45. The Labute approximate surface area is 173 Å². The van der Waals surface area contributed by atoms with Crippen LogP contribution in [-0.4, -0.2) is 48.3 Å². The number of fused-ring (bicyclic) bond motifs is 2. The Morgan fingerprint density at radius 2 is 2.23 bits per heavy atom. The van der Waals surface area contributed by atoms with E-state index in [1.54, 1.807) is 16.9 Å². The number of hydrogen-bond donors (Lipinski definition) is 1. The highest BCUT2D eigenvalue weighted by Crippen LogP contribution is 2.34. The number of hydrogen-bond acceptors (Lipinski definition) is 6. The molecule has 0 saturated carbocycles. The van der Waals surface area contributed by atoms with E-state index in [-0.39, 0.29) is 6.54 Å². The van der Waals surface area contributed by atoms with Gasteiger partial charge in [0.05, 0.1) is 35.8 Å². The quantitative estimate of drug-likeness (QED) is 0.383. The van der Waals surface area contributed by atoms with E-state index in [1.165, 1.54) is 0 Å². The van der Waals surface area contributed by atoms with Crippen molar-refractivity contribution in [2.45, 2.75) is 18.9 Å². The number of aromatic amines is 1. The van der Waals surface area contributed by atoms with Gasteiger partial charge in [-0.05, 0) is 18.2 Å². The number of Topliss-reactive ketones (excluding diaryl/α,β-unsaturated/α-hetero) is 1. The summed E-state index contributed by atoms with van der Waals surface area (Å²) >= 11 is 6.24. The molecule has 1 unspecified atom stereocenters. The molecule has 0 bridgehead atoms. The van der Waals surface area contributed by atoms with Gasteiger partial charge in [-0.3, -0.25) is 9.69 Å². The standard InChI is InChI=1S/C19H15ClF2N6O2/c20-14-3-1-2-10-6-12(26-28(10)14)17-15-11(23-8-24-15)4-5-27(17)7-13(29)18-16(19(21)22)25-9-30-18/h1-3,6,8-9,17,19H,4-5,7H2,(H,23,24). The molecule has 1 atom stereocenters. The predicted octanol–water partition coefficient (Wildman–Crippen LogP) is 3.47. The van der Waals surface area contributed by atoms with Crippen LogP contribution in [0.1, 0.15) is 45.8 Å². The summed E-state index contributed by atoms with van der Waals surface area (Å²) in [4.78, 5) is 25.6. The van der Waals surface area contributed by atoms with Crippen molar-refractivity contribution in [1.29, 1.82) is 0 Å². The van der Waals surface area contributed by atoms with Crippen molar-refractivity contribution in [1.82, 2.24) is 29.5 Å². The minimum absolute atomic E-state index is 0.145. The SMILES string of the molecule is O=C(CN1CCc2[nH]cnc2C1c1cc2cccc(Cl)n2n1)c1ocnc1C(F)F. The number of nitrogens with zero attached hydrogens (tertiary/aromatic N) is 5.